The summed E-state index contributed by atoms with van der Waals surface area (Å²) in [6, 6.07) is 8.65. The molecule has 0 radical (unpaired) electrons. The maximum atomic E-state index is 4.70. The summed E-state index contributed by atoms with van der Waals surface area (Å²) in [6.45, 7) is 2.97. The van der Waals surface area contributed by atoms with Crippen LogP contribution in [0.2, 0.25) is 0 Å². The van der Waals surface area contributed by atoms with E-state index in [1.165, 1.54) is 11.1 Å². The van der Waals surface area contributed by atoms with Crippen molar-refractivity contribution in [3.63, 3.8) is 0 Å². The molecule has 3 nitrogen and oxygen atoms in total. The molecule has 0 saturated carbocycles. The predicted octanol–water partition coefficient (Wildman–Crippen LogP) is 3.40. The monoisotopic (exact) mass is 365 g/mol. The minimum absolute atomic E-state index is 0.423. The van der Waals surface area contributed by atoms with E-state index in [1.807, 2.05) is 6.20 Å². The van der Waals surface area contributed by atoms with Gasteiger partial charge in [0.25, 0.3) is 0 Å². The minimum Gasteiger partial charge on any atom is -0.369 e. The standard InChI is InChI=1S/C15H16IN3/c1-2-17-15-13(16)9-18-14(19-15)12-7-10-5-3-4-6-11(10)8-12/h3-6,9,12H,2,7-8H2,1H3,(H,17,18,19). The number of fused-ring (bicyclic) bond motifs is 1. The van der Waals surface area contributed by atoms with Crippen molar-refractivity contribution in [3.8, 4) is 0 Å². The van der Waals surface area contributed by atoms with Crippen molar-refractivity contribution in [1.29, 1.82) is 0 Å². The molecule has 1 aliphatic rings. The molecule has 0 spiro atoms. The molecule has 98 valence electrons. The molecule has 2 aromatic rings. The van der Waals surface area contributed by atoms with Crippen molar-refractivity contribution in [1.82, 2.24) is 9.97 Å². The lowest BCUT2D eigenvalue weighted by Crippen LogP contribution is -2.09. The van der Waals surface area contributed by atoms with Gasteiger partial charge in [-0.2, -0.15) is 0 Å². The van der Waals surface area contributed by atoms with Gasteiger partial charge in [0, 0.05) is 18.7 Å². The zero-order valence-corrected chi connectivity index (χ0v) is 13.0. The van der Waals surface area contributed by atoms with Gasteiger partial charge in [-0.25, -0.2) is 9.97 Å². The van der Waals surface area contributed by atoms with E-state index < -0.39 is 0 Å². The van der Waals surface area contributed by atoms with Crippen LogP contribution in [0.25, 0.3) is 0 Å². The molecule has 1 aromatic heterocycles. The number of aromatic nitrogens is 2. The third kappa shape index (κ3) is 2.59. The third-order valence-corrected chi connectivity index (χ3v) is 4.31. The largest absolute Gasteiger partial charge is 0.369 e. The minimum atomic E-state index is 0.423. The van der Waals surface area contributed by atoms with Gasteiger partial charge in [0.15, 0.2) is 0 Å². The Balaban J connectivity index is 1.87. The first-order chi connectivity index (χ1) is 9.28. The number of anilines is 1. The summed E-state index contributed by atoms with van der Waals surface area (Å²) < 4.78 is 1.08. The molecule has 0 amide bonds. The van der Waals surface area contributed by atoms with Gasteiger partial charge in [-0.05, 0) is 53.5 Å². The molecular formula is C15H16IN3. The highest BCUT2D eigenvalue weighted by Gasteiger charge is 2.25. The fourth-order valence-corrected chi connectivity index (χ4v) is 3.06. The number of nitrogens with zero attached hydrogens (tertiary/aromatic N) is 2. The molecule has 0 saturated heterocycles. The van der Waals surface area contributed by atoms with Crippen molar-refractivity contribution in [2.24, 2.45) is 0 Å². The third-order valence-electron chi connectivity index (χ3n) is 3.52. The van der Waals surface area contributed by atoms with Crippen LogP contribution in [-0.4, -0.2) is 16.5 Å². The summed E-state index contributed by atoms with van der Waals surface area (Å²) in [5.41, 5.74) is 2.89. The predicted molar refractivity (Wildman–Crippen MR) is 85.5 cm³/mol. The fourth-order valence-electron chi connectivity index (χ4n) is 2.61. The van der Waals surface area contributed by atoms with Gasteiger partial charge in [0.1, 0.15) is 11.6 Å². The van der Waals surface area contributed by atoms with Crippen molar-refractivity contribution in [3.05, 3.63) is 51.0 Å². The highest BCUT2D eigenvalue weighted by molar-refractivity contribution is 14.1. The van der Waals surface area contributed by atoms with Crippen LogP contribution in [0.4, 0.5) is 5.82 Å². The molecule has 0 aliphatic heterocycles. The van der Waals surface area contributed by atoms with Crippen LogP contribution in [-0.2, 0) is 12.8 Å². The first kappa shape index (κ1) is 12.8. The van der Waals surface area contributed by atoms with Crippen LogP contribution in [0.5, 0.6) is 0 Å². The van der Waals surface area contributed by atoms with Gasteiger partial charge in [-0.15, -0.1) is 0 Å². The molecule has 19 heavy (non-hydrogen) atoms. The van der Waals surface area contributed by atoms with E-state index in [0.29, 0.717) is 5.92 Å². The molecule has 1 aliphatic carbocycles. The van der Waals surface area contributed by atoms with Crippen LogP contribution in [0.3, 0.4) is 0 Å². The Kier molecular flexibility index (Phi) is 3.68. The van der Waals surface area contributed by atoms with Gasteiger partial charge >= 0.3 is 0 Å². The molecular weight excluding hydrogens is 349 g/mol. The number of nitrogens with one attached hydrogen (secondary N) is 1. The Labute approximate surface area is 127 Å². The second-order valence-electron chi connectivity index (χ2n) is 4.83. The van der Waals surface area contributed by atoms with E-state index >= 15 is 0 Å². The second-order valence-corrected chi connectivity index (χ2v) is 5.99. The average Bonchev–Trinajstić information content (AvgIpc) is 2.85. The van der Waals surface area contributed by atoms with Gasteiger partial charge in [0.05, 0.1) is 3.57 Å². The highest BCUT2D eigenvalue weighted by Crippen LogP contribution is 2.32. The van der Waals surface area contributed by atoms with E-state index in [0.717, 1.165) is 34.6 Å². The topological polar surface area (TPSA) is 37.8 Å². The lowest BCUT2D eigenvalue weighted by Gasteiger charge is -2.11. The van der Waals surface area contributed by atoms with E-state index in [-0.39, 0.29) is 0 Å². The quantitative estimate of drug-likeness (QED) is 0.848. The summed E-state index contributed by atoms with van der Waals surface area (Å²) in [4.78, 5) is 9.22. The zero-order chi connectivity index (χ0) is 13.2. The first-order valence-electron chi connectivity index (χ1n) is 6.61. The van der Waals surface area contributed by atoms with Crippen LogP contribution in [0.1, 0.15) is 29.8 Å². The summed E-state index contributed by atoms with van der Waals surface area (Å²) >= 11 is 2.28. The fraction of sp³-hybridized carbons (Fsp3) is 0.333. The number of hydrogen-bond donors (Lipinski definition) is 1. The first-order valence-corrected chi connectivity index (χ1v) is 7.69. The Morgan fingerprint density at radius 1 is 1.26 bits per heavy atom. The number of hydrogen-bond acceptors (Lipinski definition) is 3. The maximum Gasteiger partial charge on any atom is 0.143 e. The Morgan fingerprint density at radius 3 is 2.58 bits per heavy atom. The molecule has 0 unspecified atom stereocenters. The summed E-state index contributed by atoms with van der Waals surface area (Å²) in [7, 11) is 0. The lowest BCUT2D eigenvalue weighted by atomic mass is 10.1. The van der Waals surface area contributed by atoms with E-state index in [2.05, 4.69) is 64.1 Å². The molecule has 4 heteroatoms. The van der Waals surface area contributed by atoms with Crippen LogP contribution < -0.4 is 5.32 Å². The maximum absolute atomic E-state index is 4.70. The molecule has 0 fully saturated rings. The smallest absolute Gasteiger partial charge is 0.143 e. The van der Waals surface area contributed by atoms with Gasteiger partial charge < -0.3 is 5.32 Å². The Bertz CT molecular complexity index is 573. The van der Waals surface area contributed by atoms with Crippen molar-refractivity contribution >= 4 is 28.4 Å². The van der Waals surface area contributed by atoms with Gasteiger partial charge in [0.2, 0.25) is 0 Å². The molecule has 0 bridgehead atoms. The van der Waals surface area contributed by atoms with E-state index in [1.54, 1.807) is 0 Å². The molecule has 1 heterocycles. The van der Waals surface area contributed by atoms with Crippen molar-refractivity contribution in [2.45, 2.75) is 25.7 Å². The number of rotatable bonds is 3. The number of benzene rings is 1. The van der Waals surface area contributed by atoms with Crippen LogP contribution in [0.15, 0.2) is 30.5 Å². The second kappa shape index (κ2) is 5.45. The van der Waals surface area contributed by atoms with Crippen molar-refractivity contribution in [2.75, 3.05) is 11.9 Å². The van der Waals surface area contributed by atoms with E-state index in [4.69, 9.17) is 4.98 Å². The normalized spacial score (nSPS) is 14.4. The summed E-state index contributed by atoms with van der Waals surface area (Å²) in [6.07, 6.45) is 4.04. The van der Waals surface area contributed by atoms with Crippen LogP contribution in [0, 0.1) is 3.57 Å². The Hall–Kier alpha value is -1.17. The molecule has 1 N–H and O–H groups in total. The van der Waals surface area contributed by atoms with Gasteiger partial charge in [-0.3, -0.25) is 0 Å². The van der Waals surface area contributed by atoms with E-state index in [9.17, 15) is 0 Å². The molecule has 3 rings (SSSR count). The lowest BCUT2D eigenvalue weighted by molar-refractivity contribution is 0.681. The summed E-state index contributed by atoms with van der Waals surface area (Å²) in [5, 5.41) is 3.30. The van der Waals surface area contributed by atoms with Crippen molar-refractivity contribution < 1.29 is 0 Å². The molecule has 1 aromatic carbocycles. The zero-order valence-electron chi connectivity index (χ0n) is 10.9. The average molecular weight is 365 g/mol. The Morgan fingerprint density at radius 2 is 1.95 bits per heavy atom. The number of halogens is 1. The summed E-state index contributed by atoms with van der Waals surface area (Å²) in [5.74, 6) is 2.35. The van der Waals surface area contributed by atoms with Gasteiger partial charge in [-0.1, -0.05) is 24.3 Å². The molecule has 0 atom stereocenters. The highest BCUT2D eigenvalue weighted by atomic mass is 127. The SMILES string of the molecule is CCNc1nc(C2Cc3ccccc3C2)ncc1I. The van der Waals surface area contributed by atoms with Crippen LogP contribution >= 0.6 is 22.6 Å².